The molecule has 0 radical (unpaired) electrons. The van der Waals surface area contributed by atoms with Crippen LogP contribution in [0.4, 0.5) is 17.1 Å². The van der Waals surface area contributed by atoms with Crippen molar-refractivity contribution in [1.29, 1.82) is 0 Å². The predicted octanol–water partition coefficient (Wildman–Crippen LogP) is 10.5. The molecule has 0 aliphatic heterocycles. The van der Waals surface area contributed by atoms with E-state index < -0.39 is 0 Å². The van der Waals surface area contributed by atoms with Gasteiger partial charge in [-0.25, -0.2) is 0 Å². The van der Waals surface area contributed by atoms with E-state index in [1.54, 1.807) is 24.3 Å². The zero-order valence-electron chi connectivity index (χ0n) is 30.3. The van der Waals surface area contributed by atoms with Crippen molar-refractivity contribution in [2.75, 3.05) is 30.3 Å². The van der Waals surface area contributed by atoms with Gasteiger partial charge in [0.2, 0.25) is 0 Å². The number of aryl methyl sites for hydroxylation is 2. The average Bonchev–Trinajstić information content (AvgIpc) is 3.32. The number of aromatic nitrogens is 1. The fourth-order valence-electron chi connectivity index (χ4n) is 6.22. The summed E-state index contributed by atoms with van der Waals surface area (Å²) >= 11 is 0. The maximum Gasteiger partial charge on any atom is 0.255 e. The molecule has 7 nitrogen and oxygen atoms in total. The summed E-state index contributed by atoms with van der Waals surface area (Å²) in [5.74, 6) is 0.169. The van der Waals surface area contributed by atoms with Gasteiger partial charge in [-0.1, -0.05) is 65.0 Å². The van der Waals surface area contributed by atoms with E-state index >= 15 is 0 Å². The second-order valence-electron chi connectivity index (χ2n) is 12.9. The molecule has 0 spiro atoms. The first kappa shape index (κ1) is 37.1. The number of anilines is 3. The van der Waals surface area contributed by atoms with Gasteiger partial charge in [-0.3, -0.25) is 4.79 Å². The number of aromatic hydroxyl groups is 2. The van der Waals surface area contributed by atoms with Gasteiger partial charge >= 0.3 is 0 Å². The molecule has 5 aromatic rings. The van der Waals surface area contributed by atoms with Gasteiger partial charge < -0.3 is 30.3 Å². The van der Waals surface area contributed by atoms with Crippen molar-refractivity contribution < 1.29 is 15.0 Å². The summed E-state index contributed by atoms with van der Waals surface area (Å²) in [6.07, 6.45) is 3.57. The quantitative estimate of drug-likeness (QED) is 0.0950. The zero-order chi connectivity index (χ0) is 35.5. The third-order valence-electron chi connectivity index (χ3n) is 8.91. The van der Waals surface area contributed by atoms with E-state index in [4.69, 9.17) is 0 Å². The van der Waals surface area contributed by atoms with Crippen molar-refractivity contribution in [2.45, 2.75) is 74.3 Å². The van der Waals surface area contributed by atoms with Crippen molar-refractivity contribution in [2.24, 2.45) is 5.92 Å². The summed E-state index contributed by atoms with van der Waals surface area (Å²) in [7, 11) is 0. The number of amides is 1. The van der Waals surface area contributed by atoms with Gasteiger partial charge in [-0.15, -0.1) is 0 Å². The topological polar surface area (TPSA) is 89.8 Å². The lowest BCUT2D eigenvalue weighted by atomic mass is 10.0. The highest BCUT2D eigenvalue weighted by molar-refractivity contribution is 6.05. The van der Waals surface area contributed by atoms with Crippen molar-refractivity contribution in [3.05, 3.63) is 102 Å². The van der Waals surface area contributed by atoms with Crippen LogP contribution in [0.5, 0.6) is 11.5 Å². The number of phenolic OH excluding ortho intramolecular Hbond substituents is 2. The number of hydrogen-bond donors (Lipinski definition) is 4. The minimum Gasteiger partial charge on any atom is -0.507 e. The molecule has 0 unspecified atom stereocenters. The average molecular weight is 663 g/mol. The molecule has 5 rings (SSSR count). The number of benzene rings is 4. The first-order chi connectivity index (χ1) is 23.6. The molecular formula is C42H54N4O3. The minimum absolute atomic E-state index is 0.112. The number of nitrogens with one attached hydrogen (secondary N) is 2. The molecule has 1 amide bonds. The number of fused-ring (bicyclic) bond motifs is 1. The third-order valence-corrected chi connectivity index (χ3v) is 8.91. The van der Waals surface area contributed by atoms with E-state index in [9.17, 15) is 15.0 Å². The molecule has 1 aromatic heterocycles. The van der Waals surface area contributed by atoms with E-state index in [-0.39, 0.29) is 17.4 Å². The SMILES string of the molecule is CC.CCCN(CCCn1c(C)c(C)c2cc(Nc3ccc(C(=O)Nc4cc(O)c(-c5ccccc5)c(O)c4)cc3)ccc21)CCC(C)C. The third kappa shape index (κ3) is 9.45. The Labute approximate surface area is 292 Å². The lowest BCUT2D eigenvalue weighted by Crippen LogP contribution is -2.28. The van der Waals surface area contributed by atoms with Crippen LogP contribution in [0.2, 0.25) is 0 Å². The Hall–Kier alpha value is -4.75. The summed E-state index contributed by atoms with van der Waals surface area (Å²) in [5.41, 5.74) is 7.51. The zero-order valence-corrected chi connectivity index (χ0v) is 30.3. The van der Waals surface area contributed by atoms with Crippen molar-refractivity contribution in [3.63, 3.8) is 0 Å². The molecule has 7 heteroatoms. The fraction of sp³-hybridized carbons (Fsp3) is 0.357. The van der Waals surface area contributed by atoms with E-state index in [2.05, 4.69) is 72.9 Å². The van der Waals surface area contributed by atoms with E-state index in [1.165, 1.54) is 53.7 Å². The number of phenols is 2. The Balaban J connectivity index is 0.00000265. The molecule has 260 valence electrons. The maximum absolute atomic E-state index is 13.0. The minimum atomic E-state index is -0.339. The van der Waals surface area contributed by atoms with Crippen molar-refractivity contribution in [1.82, 2.24) is 9.47 Å². The Kier molecular flexibility index (Phi) is 13.3. The standard InChI is InChI=1S/C40H48N4O3.C2H6/c1-6-20-43(23-19-27(2)3)21-10-22-44-29(5)28(4)35-24-33(17-18-36(35)44)41-32-15-13-31(14-16-32)40(47)42-34-25-37(45)39(38(46)26-34)30-11-8-7-9-12-30;1-2/h7-9,11-18,24-27,41,45-46H,6,10,19-23H2,1-5H3,(H,42,47);1-2H3. The van der Waals surface area contributed by atoms with Crippen LogP contribution in [0, 0.1) is 19.8 Å². The van der Waals surface area contributed by atoms with Gasteiger partial charge in [0.05, 0.1) is 5.56 Å². The number of rotatable bonds is 14. The number of carbonyl (C=O) groups is 1. The van der Waals surface area contributed by atoms with Gasteiger partial charge in [0, 0.05) is 57.9 Å². The van der Waals surface area contributed by atoms with Crippen molar-refractivity contribution >= 4 is 33.9 Å². The fourth-order valence-corrected chi connectivity index (χ4v) is 6.22. The second kappa shape index (κ2) is 17.6. The van der Waals surface area contributed by atoms with Crippen LogP contribution in [-0.2, 0) is 6.54 Å². The normalized spacial score (nSPS) is 11.1. The monoisotopic (exact) mass is 662 g/mol. The maximum atomic E-state index is 13.0. The lowest BCUT2D eigenvalue weighted by Gasteiger charge is -2.23. The van der Waals surface area contributed by atoms with Crippen LogP contribution in [0.3, 0.4) is 0 Å². The molecule has 4 aromatic carbocycles. The Morgan fingerprint density at radius 1 is 0.816 bits per heavy atom. The van der Waals surface area contributed by atoms with Crippen LogP contribution in [0.1, 0.15) is 75.5 Å². The van der Waals surface area contributed by atoms with Crippen molar-refractivity contribution in [3.8, 4) is 22.6 Å². The van der Waals surface area contributed by atoms with Gasteiger partial charge in [0.1, 0.15) is 11.5 Å². The largest absolute Gasteiger partial charge is 0.507 e. The molecule has 4 N–H and O–H groups in total. The van der Waals surface area contributed by atoms with Gasteiger partial charge in [0.15, 0.2) is 0 Å². The summed E-state index contributed by atoms with van der Waals surface area (Å²) in [5, 5.41) is 28.7. The molecule has 0 atom stereocenters. The lowest BCUT2D eigenvalue weighted by molar-refractivity contribution is 0.102. The Bertz CT molecular complexity index is 1790. The summed E-state index contributed by atoms with van der Waals surface area (Å²) in [6, 6.07) is 25.8. The molecule has 0 aliphatic carbocycles. The molecule has 49 heavy (non-hydrogen) atoms. The molecule has 0 bridgehead atoms. The van der Waals surface area contributed by atoms with Crippen LogP contribution in [0.15, 0.2) is 84.9 Å². The van der Waals surface area contributed by atoms with Gasteiger partial charge in [0.25, 0.3) is 5.91 Å². The summed E-state index contributed by atoms with van der Waals surface area (Å²) in [6.45, 7) is 19.7. The smallest absolute Gasteiger partial charge is 0.255 e. The Morgan fingerprint density at radius 2 is 1.47 bits per heavy atom. The van der Waals surface area contributed by atoms with Crippen LogP contribution in [0.25, 0.3) is 22.0 Å². The number of hydrogen-bond acceptors (Lipinski definition) is 5. The molecular weight excluding hydrogens is 608 g/mol. The highest BCUT2D eigenvalue weighted by Gasteiger charge is 2.15. The van der Waals surface area contributed by atoms with Gasteiger partial charge in [-0.05, 0) is 112 Å². The first-order valence-electron chi connectivity index (χ1n) is 17.8. The molecule has 0 saturated carbocycles. The summed E-state index contributed by atoms with van der Waals surface area (Å²) < 4.78 is 2.46. The van der Waals surface area contributed by atoms with Crippen LogP contribution >= 0.6 is 0 Å². The van der Waals surface area contributed by atoms with E-state index in [0.717, 1.165) is 43.3 Å². The second-order valence-corrected chi connectivity index (χ2v) is 12.9. The Morgan fingerprint density at radius 3 is 2.10 bits per heavy atom. The molecule has 0 aliphatic rings. The molecule has 0 saturated heterocycles. The van der Waals surface area contributed by atoms with Gasteiger partial charge in [-0.2, -0.15) is 0 Å². The van der Waals surface area contributed by atoms with E-state index in [0.29, 0.717) is 22.4 Å². The molecule has 1 heterocycles. The first-order valence-corrected chi connectivity index (χ1v) is 17.8. The molecule has 0 fully saturated rings. The van der Waals surface area contributed by atoms with Crippen LogP contribution in [-0.4, -0.2) is 45.2 Å². The van der Waals surface area contributed by atoms with E-state index in [1.807, 2.05) is 44.2 Å². The highest BCUT2D eigenvalue weighted by Crippen LogP contribution is 2.39. The predicted molar refractivity (Wildman–Crippen MR) is 206 cm³/mol. The van der Waals surface area contributed by atoms with Crippen LogP contribution < -0.4 is 10.6 Å². The number of carbonyl (C=O) groups excluding carboxylic acids is 1. The summed E-state index contributed by atoms with van der Waals surface area (Å²) in [4.78, 5) is 15.6. The highest BCUT2D eigenvalue weighted by atomic mass is 16.3. The number of nitrogens with zero attached hydrogens (tertiary/aromatic N) is 2.